The highest BCUT2D eigenvalue weighted by molar-refractivity contribution is 5.92. The molecule has 13 heavy (non-hydrogen) atoms. The van der Waals surface area contributed by atoms with Crippen molar-refractivity contribution in [3.63, 3.8) is 0 Å². The molecule has 0 spiro atoms. The summed E-state index contributed by atoms with van der Waals surface area (Å²) < 4.78 is 28.0. The second kappa shape index (κ2) is 2.65. The minimum absolute atomic E-state index is 0.286. The summed E-state index contributed by atoms with van der Waals surface area (Å²) in [5, 5.41) is 4.50. The third-order valence-corrected chi connectivity index (χ3v) is 1.95. The van der Waals surface area contributed by atoms with Crippen LogP contribution >= 0.6 is 0 Å². The zero-order chi connectivity index (χ0) is 11.9. The molecule has 2 N–H and O–H groups in total. The van der Waals surface area contributed by atoms with Crippen LogP contribution in [0.3, 0.4) is 0 Å². The summed E-state index contributed by atoms with van der Waals surface area (Å²) in [6.07, 6.45) is 1.47. The standard InChI is InChI=1S/C9H11N3O/c1-12-9-6(5-11-12)3-4-7(13-2)8(9)10/h3-5H,10H2,1-2H3/i1D3. The molecular formula is C9H11N3O. The van der Waals surface area contributed by atoms with Gasteiger partial charge in [-0.3, -0.25) is 4.68 Å². The highest BCUT2D eigenvalue weighted by Gasteiger charge is 2.07. The molecule has 2 aromatic rings. The number of nitrogens with zero attached hydrogens (tertiary/aromatic N) is 2. The van der Waals surface area contributed by atoms with E-state index in [9.17, 15) is 0 Å². The monoisotopic (exact) mass is 180 g/mol. The predicted octanol–water partition coefficient (Wildman–Crippen LogP) is 1.16. The van der Waals surface area contributed by atoms with Gasteiger partial charge < -0.3 is 10.5 Å². The molecule has 0 aliphatic carbocycles. The first-order chi connectivity index (χ1) is 7.45. The van der Waals surface area contributed by atoms with Gasteiger partial charge in [-0.2, -0.15) is 5.10 Å². The Morgan fingerprint density at radius 3 is 3.15 bits per heavy atom. The molecule has 0 aliphatic rings. The van der Waals surface area contributed by atoms with E-state index in [4.69, 9.17) is 14.6 Å². The Bertz CT molecular complexity index is 533. The van der Waals surface area contributed by atoms with Crippen LogP contribution < -0.4 is 10.5 Å². The molecule has 2 rings (SSSR count). The lowest BCUT2D eigenvalue weighted by Crippen LogP contribution is -1.97. The van der Waals surface area contributed by atoms with Crippen LogP contribution in [0.1, 0.15) is 4.11 Å². The number of aromatic nitrogens is 2. The molecule has 0 radical (unpaired) electrons. The number of nitrogen functional groups attached to an aromatic ring is 1. The van der Waals surface area contributed by atoms with Crippen LogP contribution in [0.2, 0.25) is 0 Å². The van der Waals surface area contributed by atoms with E-state index in [0.29, 0.717) is 16.7 Å². The van der Waals surface area contributed by atoms with Crippen LogP contribution in [-0.2, 0) is 6.98 Å². The van der Waals surface area contributed by atoms with Gasteiger partial charge in [0.05, 0.1) is 18.8 Å². The number of nitrogens with two attached hydrogens (primary N) is 1. The zero-order valence-corrected chi connectivity index (χ0v) is 7.11. The lowest BCUT2D eigenvalue weighted by atomic mass is 10.2. The smallest absolute Gasteiger partial charge is 0.144 e. The van der Waals surface area contributed by atoms with Crippen molar-refractivity contribution in [2.45, 2.75) is 0 Å². The minimum atomic E-state index is -2.35. The van der Waals surface area contributed by atoms with Gasteiger partial charge in [0.25, 0.3) is 0 Å². The van der Waals surface area contributed by atoms with E-state index in [1.54, 1.807) is 12.1 Å². The average molecular weight is 180 g/mol. The van der Waals surface area contributed by atoms with E-state index in [1.165, 1.54) is 13.3 Å². The summed E-state index contributed by atoms with van der Waals surface area (Å²) in [5.41, 5.74) is 6.50. The SMILES string of the molecule is [2H]C([2H])([2H])n1ncc2ccc(OC)c(N)c21. The van der Waals surface area contributed by atoms with Crippen molar-refractivity contribution in [2.75, 3.05) is 12.8 Å². The van der Waals surface area contributed by atoms with Crippen molar-refractivity contribution in [2.24, 2.45) is 6.98 Å². The van der Waals surface area contributed by atoms with Crippen LogP contribution in [0.15, 0.2) is 18.3 Å². The number of ether oxygens (including phenoxy) is 1. The van der Waals surface area contributed by atoms with Crippen LogP contribution in [0.5, 0.6) is 5.75 Å². The number of hydrogen-bond acceptors (Lipinski definition) is 3. The van der Waals surface area contributed by atoms with Gasteiger partial charge in [0.15, 0.2) is 0 Å². The molecule has 0 amide bonds. The molecule has 4 heteroatoms. The van der Waals surface area contributed by atoms with E-state index in [0.717, 1.165) is 4.68 Å². The summed E-state index contributed by atoms with van der Waals surface area (Å²) in [4.78, 5) is 0. The van der Waals surface area contributed by atoms with Crippen molar-refractivity contribution in [3.05, 3.63) is 18.3 Å². The summed E-state index contributed by atoms with van der Waals surface area (Å²) in [5.74, 6) is 0.443. The van der Waals surface area contributed by atoms with Gasteiger partial charge in [-0.25, -0.2) is 0 Å². The highest BCUT2D eigenvalue weighted by atomic mass is 16.5. The van der Waals surface area contributed by atoms with Gasteiger partial charge in [0.2, 0.25) is 0 Å². The quantitative estimate of drug-likeness (QED) is 0.670. The second-order valence-corrected chi connectivity index (χ2v) is 2.68. The van der Waals surface area contributed by atoms with Gasteiger partial charge in [-0.1, -0.05) is 0 Å². The van der Waals surface area contributed by atoms with E-state index < -0.39 is 6.98 Å². The predicted molar refractivity (Wildman–Crippen MR) is 51.7 cm³/mol. The highest BCUT2D eigenvalue weighted by Crippen LogP contribution is 2.29. The van der Waals surface area contributed by atoms with Crippen LogP contribution in [-0.4, -0.2) is 16.9 Å². The van der Waals surface area contributed by atoms with E-state index >= 15 is 0 Å². The normalized spacial score (nSPS) is 15.0. The molecule has 1 aromatic heterocycles. The zero-order valence-electron chi connectivity index (χ0n) is 10.1. The van der Waals surface area contributed by atoms with E-state index in [1.807, 2.05) is 0 Å². The third-order valence-electron chi connectivity index (χ3n) is 1.95. The first-order valence-corrected chi connectivity index (χ1v) is 3.76. The Labute approximate surface area is 80.1 Å². The van der Waals surface area contributed by atoms with Gasteiger partial charge >= 0.3 is 0 Å². The van der Waals surface area contributed by atoms with Gasteiger partial charge in [0, 0.05) is 16.5 Å². The molecule has 0 fully saturated rings. The number of benzene rings is 1. The lowest BCUT2D eigenvalue weighted by molar-refractivity contribution is 0.417. The lowest BCUT2D eigenvalue weighted by Gasteiger charge is -2.05. The average Bonchev–Trinajstić information content (AvgIpc) is 2.62. The van der Waals surface area contributed by atoms with Crippen LogP contribution in [0, 0.1) is 0 Å². The van der Waals surface area contributed by atoms with Gasteiger partial charge in [-0.05, 0) is 12.1 Å². The van der Waals surface area contributed by atoms with Crippen molar-refractivity contribution in [1.82, 2.24) is 9.78 Å². The number of aryl methyl sites for hydroxylation is 1. The maximum atomic E-state index is 7.33. The molecular weight excluding hydrogens is 166 g/mol. The number of fused-ring (bicyclic) bond motifs is 1. The van der Waals surface area contributed by atoms with Crippen molar-refractivity contribution >= 4 is 16.6 Å². The molecule has 4 nitrogen and oxygen atoms in total. The molecule has 0 saturated carbocycles. The summed E-state index contributed by atoms with van der Waals surface area (Å²) >= 11 is 0. The van der Waals surface area contributed by atoms with Crippen molar-refractivity contribution < 1.29 is 8.85 Å². The fourth-order valence-corrected chi connectivity index (χ4v) is 1.30. The van der Waals surface area contributed by atoms with Crippen molar-refractivity contribution in [3.8, 4) is 5.75 Å². The second-order valence-electron chi connectivity index (χ2n) is 2.68. The number of methoxy groups -OCH3 is 1. The molecule has 0 atom stereocenters. The van der Waals surface area contributed by atoms with Crippen LogP contribution in [0.4, 0.5) is 5.69 Å². The maximum Gasteiger partial charge on any atom is 0.144 e. The Morgan fingerprint density at radius 2 is 2.46 bits per heavy atom. The minimum Gasteiger partial charge on any atom is -0.495 e. The van der Waals surface area contributed by atoms with Gasteiger partial charge in [-0.15, -0.1) is 0 Å². The molecule has 0 aliphatic heterocycles. The van der Waals surface area contributed by atoms with Gasteiger partial charge in [0.1, 0.15) is 11.4 Å². The van der Waals surface area contributed by atoms with E-state index in [-0.39, 0.29) is 5.69 Å². The first kappa shape index (κ1) is 5.11. The molecule has 1 aromatic carbocycles. The Hall–Kier alpha value is -1.71. The molecule has 0 saturated heterocycles. The van der Waals surface area contributed by atoms with Crippen molar-refractivity contribution in [1.29, 1.82) is 0 Å². The maximum absolute atomic E-state index is 7.33. The third kappa shape index (κ3) is 1.02. The molecule has 68 valence electrons. The van der Waals surface area contributed by atoms with Crippen LogP contribution in [0.25, 0.3) is 10.9 Å². The Kier molecular flexibility index (Phi) is 1.04. The summed E-state index contributed by atoms with van der Waals surface area (Å²) in [7, 11) is 1.48. The number of rotatable bonds is 1. The summed E-state index contributed by atoms with van der Waals surface area (Å²) in [6.45, 7) is -2.35. The molecule has 0 bridgehead atoms. The molecule has 1 heterocycles. The fraction of sp³-hybridized carbons (Fsp3) is 0.222. The topological polar surface area (TPSA) is 53.1 Å². The Morgan fingerprint density at radius 1 is 1.62 bits per heavy atom. The summed E-state index contributed by atoms with van der Waals surface area (Å²) in [6, 6.07) is 3.41. The fourth-order valence-electron chi connectivity index (χ4n) is 1.30. The number of anilines is 1. The largest absolute Gasteiger partial charge is 0.495 e. The molecule has 0 unspecified atom stereocenters. The number of hydrogen-bond donors (Lipinski definition) is 1. The van der Waals surface area contributed by atoms with E-state index in [2.05, 4.69) is 5.10 Å². The first-order valence-electron chi connectivity index (χ1n) is 5.26. The Balaban J connectivity index is 2.79.